The summed E-state index contributed by atoms with van der Waals surface area (Å²) in [6, 6.07) is 17.0. The van der Waals surface area contributed by atoms with Gasteiger partial charge in [0, 0.05) is 16.1 Å². The van der Waals surface area contributed by atoms with Gasteiger partial charge in [-0.1, -0.05) is 39.4 Å². The van der Waals surface area contributed by atoms with Gasteiger partial charge in [0.2, 0.25) is 5.13 Å². The fraction of sp³-hybridized carbons (Fsp3) is 0.0556. The standard InChI is InChI=1S/C18H13BrN4OS/c1-11-10-16(21-17(24)12-6-8-13(19)9-7-12)23(22-11)18-20-14-4-2-3-5-15(14)25-18/h2-10H,1H3,(H,21,24). The van der Waals surface area contributed by atoms with E-state index in [1.807, 2.05) is 49.4 Å². The third-order valence-corrected chi connectivity index (χ3v) is 5.18. The molecule has 0 atom stereocenters. The fourth-order valence-electron chi connectivity index (χ4n) is 2.47. The molecule has 1 amide bonds. The number of thiazole rings is 1. The van der Waals surface area contributed by atoms with Gasteiger partial charge >= 0.3 is 0 Å². The number of benzene rings is 2. The minimum Gasteiger partial charge on any atom is -0.306 e. The first kappa shape index (κ1) is 16.0. The van der Waals surface area contributed by atoms with Crippen molar-refractivity contribution < 1.29 is 4.79 Å². The first-order valence-corrected chi connectivity index (χ1v) is 9.20. The van der Waals surface area contributed by atoms with E-state index in [2.05, 4.69) is 31.3 Å². The zero-order chi connectivity index (χ0) is 17.4. The van der Waals surface area contributed by atoms with E-state index >= 15 is 0 Å². The summed E-state index contributed by atoms with van der Waals surface area (Å²) >= 11 is 4.91. The number of hydrogen-bond donors (Lipinski definition) is 1. The molecule has 7 heteroatoms. The predicted octanol–water partition coefficient (Wildman–Crippen LogP) is 4.81. The maximum absolute atomic E-state index is 12.5. The third kappa shape index (κ3) is 3.20. The van der Waals surface area contributed by atoms with Crippen molar-refractivity contribution in [3.05, 3.63) is 70.3 Å². The normalized spacial score (nSPS) is 11.0. The summed E-state index contributed by atoms with van der Waals surface area (Å²) in [6.07, 6.45) is 0. The minimum atomic E-state index is -0.185. The van der Waals surface area contributed by atoms with Gasteiger partial charge in [-0.3, -0.25) is 4.79 Å². The molecule has 0 saturated heterocycles. The second-order valence-electron chi connectivity index (χ2n) is 5.51. The van der Waals surface area contributed by atoms with Gasteiger partial charge in [-0.15, -0.1) is 0 Å². The number of aromatic nitrogens is 3. The summed E-state index contributed by atoms with van der Waals surface area (Å²) in [5, 5.41) is 8.12. The lowest BCUT2D eigenvalue weighted by molar-refractivity contribution is 0.102. The molecule has 2 aromatic heterocycles. The molecule has 4 aromatic rings. The first-order chi connectivity index (χ1) is 12.1. The molecule has 0 bridgehead atoms. The van der Waals surface area contributed by atoms with Crippen LogP contribution >= 0.6 is 27.3 Å². The summed E-state index contributed by atoms with van der Waals surface area (Å²) in [5.41, 5.74) is 2.31. The molecule has 0 radical (unpaired) electrons. The Hall–Kier alpha value is -2.51. The second kappa shape index (κ2) is 6.42. The average Bonchev–Trinajstić information content (AvgIpc) is 3.18. The van der Waals surface area contributed by atoms with Crippen LogP contribution in [0.15, 0.2) is 59.1 Å². The topological polar surface area (TPSA) is 59.8 Å². The molecule has 0 saturated carbocycles. The quantitative estimate of drug-likeness (QED) is 0.525. The number of aryl methyl sites for hydroxylation is 1. The van der Waals surface area contributed by atoms with Crippen molar-refractivity contribution in [3.8, 4) is 5.13 Å². The molecule has 0 spiro atoms. The second-order valence-corrected chi connectivity index (χ2v) is 7.43. The van der Waals surface area contributed by atoms with E-state index in [9.17, 15) is 4.79 Å². The van der Waals surface area contributed by atoms with E-state index in [4.69, 9.17) is 0 Å². The molecule has 124 valence electrons. The Morgan fingerprint density at radius 2 is 1.92 bits per heavy atom. The largest absolute Gasteiger partial charge is 0.306 e. The number of carbonyl (C=O) groups is 1. The highest BCUT2D eigenvalue weighted by Crippen LogP contribution is 2.27. The molecule has 2 aromatic carbocycles. The zero-order valence-electron chi connectivity index (χ0n) is 13.2. The zero-order valence-corrected chi connectivity index (χ0v) is 15.6. The van der Waals surface area contributed by atoms with Crippen molar-refractivity contribution in [2.45, 2.75) is 6.92 Å². The molecule has 4 rings (SSSR count). The maximum atomic E-state index is 12.5. The summed E-state index contributed by atoms with van der Waals surface area (Å²) in [4.78, 5) is 17.1. The van der Waals surface area contributed by atoms with Crippen LogP contribution in [-0.2, 0) is 0 Å². The molecule has 0 unspecified atom stereocenters. The molecule has 1 N–H and O–H groups in total. The predicted molar refractivity (Wildman–Crippen MR) is 104 cm³/mol. The highest BCUT2D eigenvalue weighted by molar-refractivity contribution is 9.10. The van der Waals surface area contributed by atoms with Crippen LogP contribution in [0.2, 0.25) is 0 Å². The number of halogens is 1. The van der Waals surface area contributed by atoms with E-state index in [1.54, 1.807) is 16.8 Å². The maximum Gasteiger partial charge on any atom is 0.256 e. The van der Waals surface area contributed by atoms with Crippen molar-refractivity contribution in [1.29, 1.82) is 0 Å². The number of rotatable bonds is 3. The van der Waals surface area contributed by atoms with Crippen molar-refractivity contribution in [2.75, 3.05) is 5.32 Å². The highest BCUT2D eigenvalue weighted by Gasteiger charge is 2.15. The minimum absolute atomic E-state index is 0.185. The number of carbonyl (C=O) groups excluding carboxylic acids is 1. The fourth-order valence-corrected chi connectivity index (χ4v) is 3.67. The van der Waals surface area contributed by atoms with E-state index < -0.39 is 0 Å². The number of nitrogens with zero attached hydrogens (tertiary/aromatic N) is 3. The smallest absolute Gasteiger partial charge is 0.256 e. The summed E-state index contributed by atoms with van der Waals surface area (Å²) in [6.45, 7) is 1.89. The third-order valence-electron chi connectivity index (χ3n) is 3.64. The van der Waals surface area contributed by atoms with Gasteiger partial charge in [0.25, 0.3) is 5.91 Å². The molecule has 25 heavy (non-hydrogen) atoms. The monoisotopic (exact) mass is 412 g/mol. The van der Waals surface area contributed by atoms with Crippen LogP contribution in [0.1, 0.15) is 16.1 Å². The van der Waals surface area contributed by atoms with Crippen LogP contribution in [0.3, 0.4) is 0 Å². The molecule has 0 aliphatic carbocycles. The van der Waals surface area contributed by atoms with E-state index in [0.29, 0.717) is 11.4 Å². The van der Waals surface area contributed by atoms with E-state index in [-0.39, 0.29) is 5.91 Å². The molecular weight excluding hydrogens is 400 g/mol. The number of hydrogen-bond acceptors (Lipinski definition) is 4. The Kier molecular flexibility index (Phi) is 4.10. The van der Waals surface area contributed by atoms with Gasteiger partial charge in [0.05, 0.1) is 15.9 Å². The van der Waals surface area contributed by atoms with Crippen LogP contribution in [0, 0.1) is 6.92 Å². The van der Waals surface area contributed by atoms with Crippen LogP contribution in [-0.4, -0.2) is 20.7 Å². The van der Waals surface area contributed by atoms with E-state index in [0.717, 1.165) is 25.5 Å². The number of amides is 1. The summed E-state index contributed by atoms with van der Waals surface area (Å²) in [7, 11) is 0. The lowest BCUT2D eigenvalue weighted by Gasteiger charge is -2.06. The number of fused-ring (bicyclic) bond motifs is 1. The Bertz CT molecular complexity index is 1040. The van der Waals surface area contributed by atoms with Crippen LogP contribution in [0.25, 0.3) is 15.3 Å². The Labute approximate surface area is 156 Å². The summed E-state index contributed by atoms with van der Waals surface area (Å²) in [5.74, 6) is 0.416. The van der Waals surface area contributed by atoms with Crippen molar-refractivity contribution >= 4 is 49.2 Å². The van der Waals surface area contributed by atoms with Gasteiger partial charge in [0.15, 0.2) is 0 Å². The van der Waals surface area contributed by atoms with Crippen LogP contribution in [0.4, 0.5) is 5.82 Å². The number of nitrogens with one attached hydrogen (secondary N) is 1. The average molecular weight is 413 g/mol. The Morgan fingerprint density at radius 1 is 1.16 bits per heavy atom. The molecule has 5 nitrogen and oxygen atoms in total. The van der Waals surface area contributed by atoms with Crippen LogP contribution in [0.5, 0.6) is 0 Å². The van der Waals surface area contributed by atoms with Crippen molar-refractivity contribution in [1.82, 2.24) is 14.8 Å². The first-order valence-electron chi connectivity index (χ1n) is 7.60. The molecule has 0 aliphatic rings. The van der Waals surface area contributed by atoms with Gasteiger partial charge in [0.1, 0.15) is 5.82 Å². The molecule has 2 heterocycles. The SMILES string of the molecule is Cc1cc(NC(=O)c2ccc(Br)cc2)n(-c2nc3ccccc3s2)n1. The Morgan fingerprint density at radius 3 is 2.68 bits per heavy atom. The lowest BCUT2D eigenvalue weighted by Crippen LogP contribution is -2.15. The molecule has 0 aliphatic heterocycles. The number of para-hydroxylation sites is 1. The Balaban J connectivity index is 1.69. The summed E-state index contributed by atoms with van der Waals surface area (Å²) < 4.78 is 3.69. The lowest BCUT2D eigenvalue weighted by atomic mass is 10.2. The van der Waals surface area contributed by atoms with E-state index in [1.165, 1.54) is 11.3 Å². The highest BCUT2D eigenvalue weighted by atomic mass is 79.9. The number of anilines is 1. The van der Waals surface area contributed by atoms with Crippen LogP contribution < -0.4 is 5.32 Å². The van der Waals surface area contributed by atoms with Gasteiger partial charge < -0.3 is 5.32 Å². The van der Waals surface area contributed by atoms with Crippen molar-refractivity contribution in [3.63, 3.8) is 0 Å². The molecular formula is C18H13BrN4OS. The molecule has 0 fully saturated rings. The van der Waals surface area contributed by atoms with Crippen molar-refractivity contribution in [2.24, 2.45) is 0 Å². The van der Waals surface area contributed by atoms with Gasteiger partial charge in [-0.05, 0) is 43.3 Å². The van der Waals surface area contributed by atoms with Gasteiger partial charge in [-0.2, -0.15) is 9.78 Å². The van der Waals surface area contributed by atoms with Gasteiger partial charge in [-0.25, -0.2) is 4.98 Å².